The zero-order valence-corrected chi connectivity index (χ0v) is 18.2. The van der Waals surface area contributed by atoms with Crippen LogP contribution in [-0.2, 0) is 11.2 Å². The smallest absolute Gasteiger partial charge is 0.282 e. The number of aromatic amines is 1. The van der Waals surface area contributed by atoms with Gasteiger partial charge in [-0.05, 0) is 31.5 Å². The van der Waals surface area contributed by atoms with Gasteiger partial charge in [0, 0.05) is 29.1 Å². The van der Waals surface area contributed by atoms with E-state index in [1.165, 1.54) is 25.1 Å². The second-order valence-corrected chi connectivity index (χ2v) is 7.62. The van der Waals surface area contributed by atoms with E-state index in [0.29, 0.717) is 34.1 Å². The van der Waals surface area contributed by atoms with E-state index in [0.717, 1.165) is 6.07 Å². The van der Waals surface area contributed by atoms with Crippen LogP contribution in [0.1, 0.15) is 40.3 Å². The highest BCUT2D eigenvalue weighted by atomic mass is 16.6. The first-order chi connectivity index (χ1) is 16.2. The molecule has 0 bridgehead atoms. The summed E-state index contributed by atoms with van der Waals surface area (Å²) >= 11 is 0. The standard InChI is InChI=1S/C23H19N5O6/c1-3-14-11-18(29)26-20(24-14)13-6-4-7-15(10-13)25-21(30)12(2)27-22(31)16-8-5-9-17(28(33)34)19(16)23(27)32/h4-12H,3H2,1-2H3,(H,25,30)(H,24,26,29). The zero-order valence-electron chi connectivity index (χ0n) is 18.2. The number of nitrogens with zero attached hydrogens (tertiary/aromatic N) is 3. The SMILES string of the molecule is CCc1cc(=O)[nH]c(-c2cccc(NC(=O)C(C)N3C(=O)c4cccc([N+](=O)[O-])c4C3=O)c2)n1. The monoisotopic (exact) mass is 461 g/mol. The number of nitro benzene ring substituents is 1. The van der Waals surface area contributed by atoms with Crippen molar-refractivity contribution in [2.24, 2.45) is 0 Å². The average Bonchev–Trinajstić information content (AvgIpc) is 3.08. The third-order valence-electron chi connectivity index (χ3n) is 5.45. The molecule has 172 valence electrons. The van der Waals surface area contributed by atoms with E-state index >= 15 is 0 Å². The predicted octanol–water partition coefficient (Wildman–Crippen LogP) is 2.53. The number of fused-ring (bicyclic) bond motifs is 1. The number of aromatic nitrogens is 2. The summed E-state index contributed by atoms with van der Waals surface area (Å²) in [7, 11) is 0. The lowest BCUT2D eigenvalue weighted by Crippen LogP contribution is -2.45. The fourth-order valence-corrected chi connectivity index (χ4v) is 3.72. The summed E-state index contributed by atoms with van der Waals surface area (Å²) in [5.41, 5.74) is 0.271. The number of anilines is 1. The van der Waals surface area contributed by atoms with Crippen molar-refractivity contribution in [1.82, 2.24) is 14.9 Å². The van der Waals surface area contributed by atoms with Gasteiger partial charge >= 0.3 is 0 Å². The Kier molecular flexibility index (Phi) is 5.76. The number of rotatable bonds is 6. The molecule has 4 rings (SSSR count). The molecule has 3 aromatic rings. The van der Waals surface area contributed by atoms with Crippen LogP contribution in [0.25, 0.3) is 11.4 Å². The molecule has 2 N–H and O–H groups in total. The van der Waals surface area contributed by atoms with Gasteiger partial charge in [-0.15, -0.1) is 0 Å². The Balaban J connectivity index is 1.58. The molecule has 3 amide bonds. The quantitative estimate of drug-likeness (QED) is 0.325. The van der Waals surface area contributed by atoms with Gasteiger partial charge in [-0.1, -0.05) is 25.1 Å². The Morgan fingerprint density at radius 3 is 2.59 bits per heavy atom. The molecule has 0 spiro atoms. The van der Waals surface area contributed by atoms with Crippen molar-refractivity contribution >= 4 is 29.1 Å². The van der Waals surface area contributed by atoms with E-state index in [4.69, 9.17) is 0 Å². The summed E-state index contributed by atoms with van der Waals surface area (Å²) in [5.74, 6) is -2.01. The van der Waals surface area contributed by atoms with Crippen molar-refractivity contribution < 1.29 is 19.3 Å². The van der Waals surface area contributed by atoms with Crippen molar-refractivity contribution in [3.63, 3.8) is 0 Å². The maximum Gasteiger partial charge on any atom is 0.282 e. The van der Waals surface area contributed by atoms with Gasteiger partial charge in [0.2, 0.25) is 5.91 Å². The predicted molar refractivity (Wildman–Crippen MR) is 121 cm³/mol. The number of amides is 3. The number of nitro groups is 1. The molecule has 2 heterocycles. The largest absolute Gasteiger partial charge is 0.324 e. The molecule has 0 saturated heterocycles. The van der Waals surface area contributed by atoms with Crippen LogP contribution in [0.5, 0.6) is 0 Å². The number of H-pyrrole nitrogens is 1. The van der Waals surface area contributed by atoms with Gasteiger partial charge in [-0.3, -0.25) is 34.2 Å². The first-order valence-electron chi connectivity index (χ1n) is 10.4. The van der Waals surface area contributed by atoms with Crippen LogP contribution in [0.2, 0.25) is 0 Å². The van der Waals surface area contributed by atoms with Crippen molar-refractivity contribution in [3.05, 3.63) is 85.8 Å². The minimum atomic E-state index is -1.24. The molecule has 11 nitrogen and oxygen atoms in total. The van der Waals surface area contributed by atoms with Gasteiger partial charge in [0.05, 0.1) is 10.5 Å². The lowest BCUT2D eigenvalue weighted by atomic mass is 10.1. The molecule has 1 aromatic heterocycles. The number of benzene rings is 2. The Hall–Kier alpha value is -4.67. The second kappa shape index (κ2) is 8.70. The average molecular weight is 461 g/mol. The second-order valence-electron chi connectivity index (χ2n) is 7.62. The third-order valence-corrected chi connectivity index (χ3v) is 5.45. The Morgan fingerprint density at radius 2 is 1.88 bits per heavy atom. The number of hydrogen-bond donors (Lipinski definition) is 2. The number of nitrogens with one attached hydrogen (secondary N) is 2. The molecule has 1 atom stereocenters. The zero-order chi connectivity index (χ0) is 24.6. The Bertz CT molecular complexity index is 1410. The maximum absolute atomic E-state index is 12.9. The molecule has 1 aliphatic rings. The molecule has 0 fully saturated rings. The topological polar surface area (TPSA) is 155 Å². The molecule has 0 aliphatic carbocycles. The van der Waals surface area contributed by atoms with E-state index in [9.17, 15) is 29.3 Å². The number of hydrogen-bond acceptors (Lipinski definition) is 7. The van der Waals surface area contributed by atoms with Crippen molar-refractivity contribution in [2.75, 3.05) is 5.32 Å². The Morgan fingerprint density at radius 1 is 1.15 bits per heavy atom. The molecule has 0 radical (unpaired) electrons. The van der Waals surface area contributed by atoms with Crippen LogP contribution in [0.4, 0.5) is 11.4 Å². The third kappa shape index (κ3) is 3.94. The van der Waals surface area contributed by atoms with Crippen LogP contribution in [0, 0.1) is 10.1 Å². The normalized spacial score (nSPS) is 13.5. The van der Waals surface area contributed by atoms with E-state index in [-0.39, 0.29) is 16.7 Å². The fourth-order valence-electron chi connectivity index (χ4n) is 3.72. The van der Waals surface area contributed by atoms with Crippen LogP contribution < -0.4 is 10.9 Å². The summed E-state index contributed by atoms with van der Waals surface area (Å²) in [4.78, 5) is 68.7. The number of aryl methyl sites for hydroxylation is 1. The first kappa shape index (κ1) is 22.5. The highest BCUT2D eigenvalue weighted by molar-refractivity contribution is 6.24. The van der Waals surface area contributed by atoms with E-state index in [1.807, 2.05) is 6.92 Å². The number of imide groups is 1. The van der Waals surface area contributed by atoms with Crippen LogP contribution in [0.3, 0.4) is 0 Å². The van der Waals surface area contributed by atoms with Crippen molar-refractivity contribution in [3.8, 4) is 11.4 Å². The number of carbonyl (C=O) groups excluding carboxylic acids is 3. The summed E-state index contributed by atoms with van der Waals surface area (Å²) < 4.78 is 0. The van der Waals surface area contributed by atoms with Crippen LogP contribution in [0.15, 0.2) is 53.3 Å². The van der Waals surface area contributed by atoms with Gasteiger partial charge in [0.25, 0.3) is 23.1 Å². The van der Waals surface area contributed by atoms with Gasteiger partial charge < -0.3 is 10.3 Å². The number of carbonyl (C=O) groups is 3. The lowest BCUT2D eigenvalue weighted by molar-refractivity contribution is -0.385. The minimum Gasteiger partial charge on any atom is -0.324 e. The fraction of sp³-hybridized carbons (Fsp3) is 0.174. The summed E-state index contributed by atoms with van der Waals surface area (Å²) in [6.45, 7) is 3.23. The maximum atomic E-state index is 12.9. The summed E-state index contributed by atoms with van der Waals surface area (Å²) in [6, 6.07) is 10.5. The first-order valence-corrected chi connectivity index (χ1v) is 10.4. The lowest BCUT2D eigenvalue weighted by Gasteiger charge is -2.21. The van der Waals surface area contributed by atoms with Gasteiger partial charge in [0.1, 0.15) is 17.4 Å². The molecular formula is C23H19N5O6. The molecule has 1 unspecified atom stereocenters. The molecular weight excluding hydrogens is 442 g/mol. The highest BCUT2D eigenvalue weighted by Gasteiger charge is 2.44. The van der Waals surface area contributed by atoms with Crippen molar-refractivity contribution in [1.29, 1.82) is 0 Å². The summed E-state index contributed by atoms with van der Waals surface area (Å²) in [5, 5.41) is 13.9. The molecule has 2 aromatic carbocycles. The molecule has 0 saturated carbocycles. The Labute approximate surface area is 192 Å². The van der Waals surface area contributed by atoms with Gasteiger partial charge in [0.15, 0.2) is 0 Å². The van der Waals surface area contributed by atoms with Gasteiger partial charge in [-0.25, -0.2) is 4.98 Å². The summed E-state index contributed by atoms with van der Waals surface area (Å²) in [6.07, 6.45) is 0.573. The van der Waals surface area contributed by atoms with E-state index < -0.39 is 34.4 Å². The van der Waals surface area contributed by atoms with Crippen LogP contribution >= 0.6 is 0 Å². The molecule has 11 heteroatoms. The van der Waals surface area contributed by atoms with Crippen LogP contribution in [-0.4, -0.2) is 43.6 Å². The molecule has 1 aliphatic heterocycles. The van der Waals surface area contributed by atoms with E-state index in [1.54, 1.807) is 24.3 Å². The molecule has 34 heavy (non-hydrogen) atoms. The van der Waals surface area contributed by atoms with Gasteiger partial charge in [-0.2, -0.15) is 0 Å². The van der Waals surface area contributed by atoms with E-state index in [2.05, 4.69) is 15.3 Å². The highest BCUT2D eigenvalue weighted by Crippen LogP contribution is 2.32. The van der Waals surface area contributed by atoms with Crippen molar-refractivity contribution in [2.45, 2.75) is 26.3 Å². The minimum absolute atomic E-state index is 0.119.